The molecule has 0 atom stereocenters. The molecule has 6 nitrogen and oxygen atoms in total. The number of urea groups is 1. The second-order valence-corrected chi connectivity index (χ2v) is 7.27. The van der Waals surface area contributed by atoms with Crippen molar-refractivity contribution in [2.24, 2.45) is 0 Å². The first-order chi connectivity index (χ1) is 14.4. The number of nitrogens with zero attached hydrogens (tertiary/aromatic N) is 2. The van der Waals surface area contributed by atoms with Gasteiger partial charge in [-0.25, -0.2) is 9.69 Å². The Morgan fingerprint density at radius 3 is 2.33 bits per heavy atom. The van der Waals surface area contributed by atoms with Crippen LogP contribution in [0, 0.1) is 0 Å². The van der Waals surface area contributed by atoms with E-state index in [2.05, 4.69) is 0 Å². The van der Waals surface area contributed by atoms with E-state index in [4.69, 9.17) is 27.6 Å². The summed E-state index contributed by atoms with van der Waals surface area (Å²) in [4.78, 5) is 40.0. The largest absolute Gasteiger partial charge is 0.457 e. The maximum absolute atomic E-state index is 13.0. The first-order valence-electron chi connectivity index (χ1n) is 8.86. The van der Waals surface area contributed by atoms with Gasteiger partial charge in [0, 0.05) is 12.6 Å². The van der Waals surface area contributed by atoms with E-state index in [1.165, 1.54) is 13.1 Å². The summed E-state index contributed by atoms with van der Waals surface area (Å²) in [6.45, 7) is 0. The molecule has 1 aliphatic heterocycles. The van der Waals surface area contributed by atoms with Crippen molar-refractivity contribution in [2.45, 2.75) is 0 Å². The van der Waals surface area contributed by atoms with Crippen LogP contribution in [0.2, 0.25) is 10.0 Å². The standard InChI is InChI=1S/C22H14Cl2N2O4/c1-25-20(27)16(21(28)26(22(25)29)13-6-3-2-4-7-13)12-14-10-11-18(30-14)15-8-5-9-17(23)19(15)24/h2-12H,1H3/b16-12-. The molecule has 0 bridgehead atoms. The Labute approximate surface area is 181 Å². The number of carbonyl (C=O) groups is 3. The minimum atomic E-state index is -0.729. The van der Waals surface area contributed by atoms with Gasteiger partial charge in [0.2, 0.25) is 0 Å². The fourth-order valence-corrected chi connectivity index (χ4v) is 3.45. The molecule has 2 heterocycles. The van der Waals surface area contributed by atoms with Crippen molar-refractivity contribution in [2.75, 3.05) is 11.9 Å². The van der Waals surface area contributed by atoms with Gasteiger partial charge in [0.05, 0.1) is 15.7 Å². The van der Waals surface area contributed by atoms with Gasteiger partial charge in [-0.2, -0.15) is 0 Å². The molecule has 4 amide bonds. The molecule has 1 saturated heterocycles. The van der Waals surface area contributed by atoms with Crippen molar-refractivity contribution < 1.29 is 18.8 Å². The first-order valence-corrected chi connectivity index (χ1v) is 9.61. The average Bonchev–Trinajstić information content (AvgIpc) is 3.21. The van der Waals surface area contributed by atoms with Crippen LogP contribution in [0.1, 0.15) is 5.76 Å². The van der Waals surface area contributed by atoms with E-state index in [1.807, 2.05) is 0 Å². The van der Waals surface area contributed by atoms with E-state index < -0.39 is 17.8 Å². The van der Waals surface area contributed by atoms with Crippen molar-refractivity contribution in [3.05, 3.63) is 82.0 Å². The monoisotopic (exact) mass is 440 g/mol. The molecule has 0 unspecified atom stereocenters. The molecule has 30 heavy (non-hydrogen) atoms. The summed E-state index contributed by atoms with van der Waals surface area (Å²) in [5.74, 6) is -0.758. The number of amides is 4. The van der Waals surface area contributed by atoms with E-state index in [0.717, 1.165) is 9.80 Å². The van der Waals surface area contributed by atoms with Crippen LogP contribution < -0.4 is 4.90 Å². The van der Waals surface area contributed by atoms with Crippen LogP contribution in [0.25, 0.3) is 17.4 Å². The summed E-state index contributed by atoms with van der Waals surface area (Å²) >= 11 is 12.3. The molecular formula is C22H14Cl2N2O4. The van der Waals surface area contributed by atoms with Gasteiger partial charge in [-0.05, 0) is 42.5 Å². The van der Waals surface area contributed by atoms with Crippen LogP contribution in [0.5, 0.6) is 0 Å². The second kappa shape index (κ2) is 7.82. The highest BCUT2D eigenvalue weighted by Gasteiger charge is 2.41. The fraction of sp³-hybridized carbons (Fsp3) is 0.0455. The second-order valence-electron chi connectivity index (χ2n) is 6.48. The van der Waals surface area contributed by atoms with Crippen LogP contribution in [0.3, 0.4) is 0 Å². The van der Waals surface area contributed by atoms with Crippen molar-refractivity contribution in [3.8, 4) is 11.3 Å². The Hall–Kier alpha value is -3.35. The van der Waals surface area contributed by atoms with Gasteiger partial charge in [0.15, 0.2) is 0 Å². The highest BCUT2D eigenvalue weighted by atomic mass is 35.5. The van der Waals surface area contributed by atoms with Crippen molar-refractivity contribution in [1.82, 2.24) is 4.90 Å². The highest BCUT2D eigenvalue weighted by Crippen LogP contribution is 2.35. The molecule has 8 heteroatoms. The number of furan rings is 1. The van der Waals surface area contributed by atoms with Crippen molar-refractivity contribution >= 4 is 52.8 Å². The molecule has 0 radical (unpaired) electrons. The topological polar surface area (TPSA) is 70.8 Å². The molecule has 0 spiro atoms. The molecule has 1 fully saturated rings. The van der Waals surface area contributed by atoms with Gasteiger partial charge in [0.25, 0.3) is 11.8 Å². The number of likely N-dealkylation sites (N-methyl/N-ethyl adjacent to an activating group) is 1. The van der Waals surface area contributed by atoms with Crippen molar-refractivity contribution in [3.63, 3.8) is 0 Å². The molecule has 1 aliphatic rings. The van der Waals surface area contributed by atoms with Gasteiger partial charge in [-0.1, -0.05) is 47.5 Å². The van der Waals surface area contributed by atoms with Crippen LogP contribution in [-0.2, 0) is 9.59 Å². The molecule has 4 rings (SSSR count). The van der Waals surface area contributed by atoms with Crippen LogP contribution in [0.4, 0.5) is 10.5 Å². The van der Waals surface area contributed by atoms with Gasteiger partial charge < -0.3 is 4.42 Å². The summed E-state index contributed by atoms with van der Waals surface area (Å²) in [7, 11) is 1.32. The smallest absolute Gasteiger partial charge is 0.338 e. The van der Waals surface area contributed by atoms with Gasteiger partial charge in [0.1, 0.15) is 17.1 Å². The quantitative estimate of drug-likeness (QED) is 0.411. The molecule has 3 aromatic rings. The number of anilines is 1. The number of benzene rings is 2. The highest BCUT2D eigenvalue weighted by molar-refractivity contribution is 6.43. The first kappa shape index (κ1) is 19.9. The maximum atomic E-state index is 13.0. The number of rotatable bonds is 3. The van der Waals surface area contributed by atoms with E-state index >= 15 is 0 Å². The van der Waals surface area contributed by atoms with Crippen LogP contribution in [-0.4, -0.2) is 29.8 Å². The average molecular weight is 441 g/mol. The zero-order valence-corrected chi connectivity index (χ0v) is 17.1. The van der Waals surface area contributed by atoms with Crippen LogP contribution in [0.15, 0.2) is 70.7 Å². The number of carbonyl (C=O) groups excluding carboxylic acids is 3. The SMILES string of the molecule is CN1C(=O)/C(=C/c2ccc(-c3cccc(Cl)c3Cl)o2)C(=O)N(c2ccccc2)C1=O. The Kier molecular flexibility index (Phi) is 5.20. The predicted octanol–water partition coefficient (Wildman–Crippen LogP) is 5.26. The Morgan fingerprint density at radius 2 is 1.60 bits per heavy atom. The number of barbiturate groups is 1. The zero-order valence-electron chi connectivity index (χ0n) is 15.6. The van der Waals surface area contributed by atoms with E-state index in [0.29, 0.717) is 27.1 Å². The molecule has 150 valence electrons. The summed E-state index contributed by atoms with van der Waals surface area (Å²) in [5, 5.41) is 0.708. The third-order valence-corrected chi connectivity index (χ3v) is 5.41. The molecule has 0 aliphatic carbocycles. The number of hydrogen-bond acceptors (Lipinski definition) is 4. The minimum absolute atomic E-state index is 0.195. The number of para-hydroxylation sites is 1. The molecule has 2 aromatic carbocycles. The van der Waals surface area contributed by atoms with Gasteiger partial charge in [-0.15, -0.1) is 0 Å². The van der Waals surface area contributed by atoms with Gasteiger partial charge in [-0.3, -0.25) is 14.5 Å². The fourth-order valence-electron chi connectivity index (χ4n) is 3.06. The van der Waals surface area contributed by atoms with E-state index in [9.17, 15) is 14.4 Å². The molecule has 0 N–H and O–H groups in total. The Balaban J connectivity index is 1.73. The summed E-state index contributed by atoms with van der Waals surface area (Å²) in [6, 6.07) is 16.1. The lowest BCUT2D eigenvalue weighted by atomic mass is 10.1. The summed E-state index contributed by atoms with van der Waals surface area (Å²) in [6.07, 6.45) is 1.31. The Morgan fingerprint density at radius 1 is 0.867 bits per heavy atom. The lowest BCUT2D eigenvalue weighted by Gasteiger charge is -2.31. The normalized spacial score (nSPS) is 16.0. The van der Waals surface area contributed by atoms with Gasteiger partial charge >= 0.3 is 6.03 Å². The number of halogens is 2. The molecule has 1 aromatic heterocycles. The maximum Gasteiger partial charge on any atom is 0.338 e. The lowest BCUT2D eigenvalue weighted by Crippen LogP contribution is -2.55. The third kappa shape index (κ3) is 3.40. The zero-order chi connectivity index (χ0) is 21.4. The predicted molar refractivity (Wildman–Crippen MR) is 114 cm³/mol. The van der Waals surface area contributed by atoms with E-state index in [-0.39, 0.29) is 11.3 Å². The van der Waals surface area contributed by atoms with E-state index in [1.54, 1.807) is 60.7 Å². The Bertz CT molecular complexity index is 1200. The number of hydrogen-bond donors (Lipinski definition) is 0. The summed E-state index contributed by atoms with van der Waals surface area (Å²) < 4.78 is 5.76. The van der Waals surface area contributed by atoms with Crippen molar-refractivity contribution in [1.29, 1.82) is 0 Å². The number of imide groups is 2. The lowest BCUT2D eigenvalue weighted by molar-refractivity contribution is -0.128. The molecular weight excluding hydrogens is 427 g/mol. The third-order valence-electron chi connectivity index (χ3n) is 4.59. The summed E-state index contributed by atoms with van der Waals surface area (Å²) in [5.41, 5.74) is 0.746. The van der Waals surface area contributed by atoms with Crippen LogP contribution >= 0.6 is 23.2 Å². The minimum Gasteiger partial charge on any atom is -0.457 e. The molecule has 0 saturated carbocycles.